The lowest BCUT2D eigenvalue weighted by Crippen LogP contribution is -2.27. The minimum Gasteiger partial charge on any atom is -0.456 e. The first-order valence-corrected chi connectivity index (χ1v) is 25.8. The zero-order chi connectivity index (χ0) is 50.5. The first-order chi connectivity index (χ1) is 37.6. The Morgan fingerprint density at radius 3 is 1.63 bits per heavy atom. The number of hydrogen-bond acceptors (Lipinski definition) is 5. The number of hydrogen-bond donors (Lipinski definition) is 0. The number of nitrogens with zero attached hydrogens (tertiary/aromatic N) is 3. The predicted molar refractivity (Wildman–Crippen MR) is 311 cm³/mol. The van der Waals surface area contributed by atoms with Gasteiger partial charge in [0.25, 0.3) is 0 Å². The van der Waals surface area contributed by atoms with Crippen LogP contribution in [0.15, 0.2) is 264 Å². The van der Waals surface area contributed by atoms with Gasteiger partial charge in [0.1, 0.15) is 22.3 Å². The molecule has 0 atom stereocenters. The van der Waals surface area contributed by atoms with Gasteiger partial charge in [-0.2, -0.15) is 0 Å². The Morgan fingerprint density at radius 1 is 0.382 bits per heavy atom. The Kier molecular flexibility index (Phi) is 9.78. The van der Waals surface area contributed by atoms with Crippen LogP contribution in [0.4, 0.5) is 0 Å². The normalized spacial score (nSPS) is 13.4. The fourth-order valence-electron chi connectivity index (χ4n) is 12.4. The molecule has 0 saturated carbocycles. The van der Waals surface area contributed by atoms with E-state index in [1.54, 1.807) is 0 Å². The zero-order valence-corrected chi connectivity index (χ0v) is 41.5. The Morgan fingerprint density at radius 2 is 0.882 bits per heavy atom. The molecule has 356 valence electrons. The number of allylic oxidation sites excluding steroid dienone is 5. The quantitative estimate of drug-likeness (QED) is 0.152. The highest BCUT2D eigenvalue weighted by Gasteiger charge is 2.52. The Labute approximate surface area is 439 Å². The molecule has 10 aromatic carbocycles. The molecule has 0 bridgehead atoms. The Bertz CT molecular complexity index is 4550. The van der Waals surface area contributed by atoms with Crippen molar-refractivity contribution in [3.8, 4) is 78.7 Å². The second-order valence-corrected chi connectivity index (χ2v) is 19.7. The number of aromatic nitrogens is 3. The van der Waals surface area contributed by atoms with Gasteiger partial charge in [-0.15, -0.1) is 0 Å². The molecule has 1 spiro atoms. The maximum atomic E-state index is 6.63. The van der Waals surface area contributed by atoms with Gasteiger partial charge in [0.2, 0.25) is 0 Å². The number of furan rings is 2. The van der Waals surface area contributed by atoms with E-state index in [4.69, 9.17) is 23.8 Å². The van der Waals surface area contributed by atoms with Crippen molar-refractivity contribution < 1.29 is 8.83 Å². The van der Waals surface area contributed by atoms with E-state index in [9.17, 15) is 0 Å². The topological polar surface area (TPSA) is 65.0 Å². The van der Waals surface area contributed by atoms with Crippen LogP contribution in [0.2, 0.25) is 0 Å². The SMILES string of the molecule is C=CC1=C(/C=C\C)C2(c3ccccc3-c3ccccc32)c2c1cccc2-c1ccc(-c2ccc3oc4cccc(-c5nc(-c6ccc(-c7ccccc7)cc6)nc(-c6ccc7oc8ccccc8c7c6)n5)c4c3c2)cc1. The Hall–Kier alpha value is -9.97. The minimum atomic E-state index is -0.506. The van der Waals surface area contributed by atoms with Crippen LogP contribution in [0, 0.1) is 0 Å². The molecular weight excluding hydrogens is 927 g/mol. The van der Waals surface area contributed by atoms with E-state index in [0.717, 1.165) is 88.4 Å². The summed E-state index contributed by atoms with van der Waals surface area (Å²) in [5.74, 6) is 1.70. The van der Waals surface area contributed by atoms with Crippen LogP contribution < -0.4 is 0 Å². The van der Waals surface area contributed by atoms with E-state index < -0.39 is 5.41 Å². The molecule has 13 aromatic rings. The van der Waals surface area contributed by atoms with Crippen LogP contribution in [0.5, 0.6) is 0 Å². The number of benzene rings is 10. The minimum absolute atomic E-state index is 0.506. The average Bonchev–Trinajstić information content (AvgIpc) is 4.34. The molecule has 0 N–H and O–H groups in total. The summed E-state index contributed by atoms with van der Waals surface area (Å²) in [6, 6.07) is 79.4. The molecule has 0 aliphatic heterocycles. The smallest absolute Gasteiger partial charge is 0.164 e. The summed E-state index contributed by atoms with van der Waals surface area (Å²) in [6.45, 7) is 6.51. The van der Waals surface area contributed by atoms with Gasteiger partial charge in [0.15, 0.2) is 17.5 Å². The molecule has 0 amide bonds. The molecule has 0 radical (unpaired) electrons. The largest absolute Gasteiger partial charge is 0.456 e. The fraction of sp³-hybridized carbons (Fsp3) is 0.0282. The molecule has 0 saturated heterocycles. The van der Waals surface area contributed by atoms with Gasteiger partial charge >= 0.3 is 0 Å². The standard InChI is InChI=1S/C71H45N3O2/c1-3-16-59-50(4-2)55-23-14-22-51(67(55)71(59)60-25-11-8-19-52(60)53-20-9-12-26-61(53)71)46-33-29-45(30-34-46)48-37-39-64-58(41-48)66-56(24-15-28-65(66)76-64)70-73-68(47-35-31-44(32-36-47)43-17-6-5-7-18-43)72-69(74-70)49-38-40-63-57(42-49)54-21-10-13-27-62(54)75-63/h3-42H,2H2,1H3/b16-3-. The van der Waals surface area contributed by atoms with Crippen molar-refractivity contribution in [1.29, 1.82) is 0 Å². The molecule has 0 unspecified atom stereocenters. The van der Waals surface area contributed by atoms with E-state index in [1.165, 1.54) is 50.1 Å². The lowest BCUT2D eigenvalue weighted by Gasteiger charge is -2.33. The van der Waals surface area contributed by atoms with Crippen molar-refractivity contribution in [2.45, 2.75) is 12.3 Å². The van der Waals surface area contributed by atoms with Crippen molar-refractivity contribution >= 4 is 49.5 Å². The van der Waals surface area contributed by atoms with Crippen molar-refractivity contribution in [2.75, 3.05) is 0 Å². The lowest BCUT2D eigenvalue weighted by atomic mass is 9.67. The third-order valence-electron chi connectivity index (χ3n) is 15.7. The summed E-state index contributed by atoms with van der Waals surface area (Å²) in [5.41, 5.74) is 22.2. The molecule has 3 heterocycles. The van der Waals surface area contributed by atoms with E-state index in [1.807, 2.05) is 54.6 Å². The highest BCUT2D eigenvalue weighted by Crippen LogP contribution is 2.64. The van der Waals surface area contributed by atoms with E-state index in [-0.39, 0.29) is 0 Å². The average molecular weight is 972 g/mol. The van der Waals surface area contributed by atoms with Crippen LogP contribution in [0.25, 0.3) is 128 Å². The van der Waals surface area contributed by atoms with Crippen LogP contribution >= 0.6 is 0 Å². The first kappa shape index (κ1) is 43.6. The summed E-state index contributed by atoms with van der Waals surface area (Å²) < 4.78 is 12.9. The maximum absolute atomic E-state index is 6.63. The van der Waals surface area contributed by atoms with Gasteiger partial charge in [-0.25, -0.2) is 15.0 Å². The van der Waals surface area contributed by atoms with Gasteiger partial charge in [0.05, 0.1) is 5.41 Å². The molecule has 5 heteroatoms. The molecule has 15 rings (SSSR count). The van der Waals surface area contributed by atoms with Gasteiger partial charge < -0.3 is 8.83 Å². The van der Waals surface area contributed by atoms with Gasteiger partial charge in [-0.05, 0) is 127 Å². The summed E-state index contributed by atoms with van der Waals surface area (Å²) in [6.07, 6.45) is 6.52. The highest BCUT2D eigenvalue weighted by atomic mass is 16.3. The number of fused-ring (bicyclic) bond motifs is 13. The van der Waals surface area contributed by atoms with E-state index in [0.29, 0.717) is 17.5 Å². The molecule has 76 heavy (non-hydrogen) atoms. The molecular formula is C71H45N3O2. The van der Waals surface area contributed by atoms with E-state index in [2.05, 4.69) is 202 Å². The molecule has 2 aliphatic rings. The first-order valence-electron chi connectivity index (χ1n) is 25.8. The summed E-state index contributed by atoms with van der Waals surface area (Å²) in [5, 5.41) is 3.98. The number of rotatable bonds is 8. The van der Waals surface area contributed by atoms with Crippen molar-refractivity contribution in [3.63, 3.8) is 0 Å². The molecule has 3 aromatic heterocycles. The summed E-state index contributed by atoms with van der Waals surface area (Å²) in [4.78, 5) is 15.7. The number of para-hydroxylation sites is 1. The lowest BCUT2D eigenvalue weighted by molar-refractivity contribution is 0.668. The van der Waals surface area contributed by atoms with Crippen molar-refractivity contribution in [3.05, 3.63) is 277 Å². The molecule has 2 aliphatic carbocycles. The van der Waals surface area contributed by atoms with Crippen molar-refractivity contribution in [1.82, 2.24) is 15.0 Å². The van der Waals surface area contributed by atoms with Gasteiger partial charge in [-0.3, -0.25) is 0 Å². The van der Waals surface area contributed by atoms with Crippen LogP contribution in [0.1, 0.15) is 29.2 Å². The predicted octanol–water partition coefficient (Wildman–Crippen LogP) is 18.5. The van der Waals surface area contributed by atoms with Gasteiger partial charge in [0, 0.05) is 38.2 Å². The van der Waals surface area contributed by atoms with Crippen LogP contribution in [-0.4, -0.2) is 15.0 Å². The third kappa shape index (κ3) is 6.49. The molecule has 0 fully saturated rings. The Balaban J connectivity index is 0.854. The monoisotopic (exact) mass is 971 g/mol. The van der Waals surface area contributed by atoms with Gasteiger partial charge in [-0.1, -0.05) is 207 Å². The third-order valence-corrected chi connectivity index (χ3v) is 15.7. The zero-order valence-electron chi connectivity index (χ0n) is 41.5. The van der Waals surface area contributed by atoms with Crippen LogP contribution in [-0.2, 0) is 5.41 Å². The van der Waals surface area contributed by atoms with Crippen LogP contribution in [0.3, 0.4) is 0 Å². The van der Waals surface area contributed by atoms with Crippen molar-refractivity contribution in [2.24, 2.45) is 0 Å². The summed E-state index contributed by atoms with van der Waals surface area (Å²) >= 11 is 0. The fourth-order valence-corrected chi connectivity index (χ4v) is 12.4. The second-order valence-electron chi connectivity index (χ2n) is 19.7. The highest BCUT2D eigenvalue weighted by molar-refractivity contribution is 6.13. The second kappa shape index (κ2) is 17.1. The summed E-state index contributed by atoms with van der Waals surface area (Å²) in [7, 11) is 0. The van der Waals surface area contributed by atoms with E-state index >= 15 is 0 Å². The molecule has 5 nitrogen and oxygen atoms in total. The maximum Gasteiger partial charge on any atom is 0.164 e.